The largest absolute Gasteiger partial charge is 0.489 e. The van der Waals surface area contributed by atoms with Gasteiger partial charge in [0, 0.05) is 23.9 Å². The van der Waals surface area contributed by atoms with Crippen molar-refractivity contribution in [3.8, 4) is 17.0 Å². The number of amides is 1. The Balaban J connectivity index is 1.29. The van der Waals surface area contributed by atoms with Crippen molar-refractivity contribution in [2.45, 2.75) is 43.9 Å². The van der Waals surface area contributed by atoms with Crippen LogP contribution < -0.4 is 10.1 Å². The molecule has 1 aromatic heterocycles. The molecule has 7 nitrogen and oxygen atoms in total. The first kappa shape index (κ1) is 26.3. The Morgan fingerprint density at radius 2 is 1.84 bits per heavy atom. The molecule has 9 heteroatoms. The van der Waals surface area contributed by atoms with Gasteiger partial charge in [-0.25, -0.2) is 4.39 Å². The van der Waals surface area contributed by atoms with Gasteiger partial charge in [0.15, 0.2) is 0 Å². The van der Waals surface area contributed by atoms with Crippen LogP contribution in [0.2, 0.25) is 5.02 Å². The molecule has 1 saturated carbocycles. The van der Waals surface area contributed by atoms with E-state index in [4.69, 9.17) is 16.3 Å². The first-order valence-electron chi connectivity index (χ1n) is 12.8. The summed E-state index contributed by atoms with van der Waals surface area (Å²) in [5.74, 6) is -1.37. The highest BCUT2D eigenvalue weighted by Gasteiger charge is 2.30. The zero-order valence-electron chi connectivity index (χ0n) is 20.8. The van der Waals surface area contributed by atoms with Crippen LogP contribution in [0.25, 0.3) is 11.3 Å². The second kappa shape index (κ2) is 11.6. The number of carbonyl (C=O) groups excluding carboxylic acids is 2. The van der Waals surface area contributed by atoms with Crippen LogP contribution in [-0.4, -0.2) is 58.5 Å². The molecule has 0 bridgehead atoms. The predicted octanol–water partition coefficient (Wildman–Crippen LogP) is 4.58. The number of benzene rings is 2. The molecule has 38 heavy (non-hydrogen) atoms. The predicted molar refractivity (Wildman–Crippen MR) is 142 cm³/mol. The zero-order chi connectivity index (χ0) is 26.6. The average molecular weight is 538 g/mol. The Morgan fingerprint density at radius 3 is 2.47 bits per heavy atom. The topological polar surface area (TPSA) is 91.8 Å². The summed E-state index contributed by atoms with van der Waals surface area (Å²) in [4.78, 5) is 32.4. The van der Waals surface area contributed by atoms with Gasteiger partial charge in [-0.1, -0.05) is 17.7 Å². The number of ether oxygens (including phenoxy) is 1. The van der Waals surface area contributed by atoms with E-state index in [9.17, 15) is 19.1 Å². The number of ketones is 1. The molecule has 198 valence electrons. The minimum absolute atomic E-state index is 0.118. The van der Waals surface area contributed by atoms with Gasteiger partial charge >= 0.3 is 0 Å². The lowest BCUT2D eigenvalue weighted by atomic mass is 10.0. The van der Waals surface area contributed by atoms with Crippen LogP contribution in [-0.2, 0) is 4.79 Å². The van der Waals surface area contributed by atoms with Gasteiger partial charge in [-0.3, -0.25) is 14.6 Å². The molecule has 2 N–H and O–H groups in total. The summed E-state index contributed by atoms with van der Waals surface area (Å²) >= 11 is 6.41. The van der Waals surface area contributed by atoms with Crippen molar-refractivity contribution in [1.82, 2.24) is 15.2 Å². The number of nitrogens with one attached hydrogen (secondary N) is 1. The van der Waals surface area contributed by atoms with Crippen LogP contribution in [0.15, 0.2) is 60.8 Å². The first-order chi connectivity index (χ1) is 18.4. The van der Waals surface area contributed by atoms with Crippen molar-refractivity contribution < 1.29 is 23.8 Å². The summed E-state index contributed by atoms with van der Waals surface area (Å²) in [6.07, 6.45) is 4.52. The van der Waals surface area contributed by atoms with E-state index in [2.05, 4.69) is 15.2 Å². The molecule has 1 aliphatic heterocycles. The molecule has 0 unspecified atom stereocenters. The number of hydrogen-bond donors (Lipinski definition) is 2. The van der Waals surface area contributed by atoms with Gasteiger partial charge in [-0.05, 0) is 92.9 Å². The first-order valence-corrected chi connectivity index (χ1v) is 13.2. The molecule has 2 aliphatic rings. The second-order valence-corrected chi connectivity index (χ2v) is 10.2. The molecule has 1 saturated heterocycles. The third kappa shape index (κ3) is 6.38. The molecule has 5 rings (SSSR count). The molecule has 2 aromatic carbocycles. The van der Waals surface area contributed by atoms with Crippen molar-refractivity contribution in [2.24, 2.45) is 0 Å². The second-order valence-electron chi connectivity index (χ2n) is 9.81. The quantitative estimate of drug-likeness (QED) is 0.290. The van der Waals surface area contributed by atoms with Crippen molar-refractivity contribution in [3.63, 3.8) is 0 Å². The van der Waals surface area contributed by atoms with Gasteiger partial charge in [0.1, 0.15) is 17.7 Å². The number of aliphatic hydroxyl groups excluding tert-OH is 1. The van der Waals surface area contributed by atoms with Crippen molar-refractivity contribution in [2.75, 3.05) is 19.6 Å². The monoisotopic (exact) mass is 537 g/mol. The lowest BCUT2D eigenvalue weighted by molar-refractivity contribution is -0.118. The van der Waals surface area contributed by atoms with Crippen LogP contribution >= 0.6 is 11.6 Å². The maximum Gasteiger partial charge on any atom is 0.292 e. The maximum atomic E-state index is 13.2. The minimum atomic E-state index is -1.08. The van der Waals surface area contributed by atoms with Crippen molar-refractivity contribution in [1.29, 1.82) is 0 Å². The smallest absolute Gasteiger partial charge is 0.292 e. The van der Waals surface area contributed by atoms with Gasteiger partial charge < -0.3 is 20.1 Å². The van der Waals surface area contributed by atoms with E-state index in [1.165, 1.54) is 24.4 Å². The fourth-order valence-electron chi connectivity index (χ4n) is 4.55. The van der Waals surface area contributed by atoms with Gasteiger partial charge in [-0.15, -0.1) is 0 Å². The van der Waals surface area contributed by atoms with E-state index in [0.29, 0.717) is 34.1 Å². The van der Waals surface area contributed by atoms with Crippen LogP contribution in [0.5, 0.6) is 5.75 Å². The Labute approximate surface area is 225 Å². The molecule has 1 amide bonds. The number of hydrogen-bond acceptors (Lipinski definition) is 6. The molecule has 0 spiro atoms. The summed E-state index contributed by atoms with van der Waals surface area (Å²) in [5.41, 5.74) is 1.89. The number of aromatic nitrogens is 1. The lowest BCUT2D eigenvalue weighted by Gasteiger charge is -2.28. The Bertz CT molecular complexity index is 1290. The number of nitrogens with zero attached hydrogens (tertiary/aromatic N) is 2. The molecule has 0 radical (unpaired) electrons. The van der Waals surface area contributed by atoms with E-state index in [0.717, 1.165) is 38.8 Å². The molecular formula is C29H29ClFN3O4. The van der Waals surface area contributed by atoms with E-state index >= 15 is 0 Å². The Hall–Kier alpha value is -3.33. The van der Waals surface area contributed by atoms with Crippen LogP contribution in [0, 0.1) is 5.82 Å². The number of aliphatic hydroxyl groups is 1. The fourth-order valence-corrected chi connectivity index (χ4v) is 4.78. The Morgan fingerprint density at radius 1 is 1.11 bits per heavy atom. The highest BCUT2D eigenvalue weighted by Crippen LogP contribution is 2.34. The number of pyridine rings is 1. The van der Waals surface area contributed by atoms with Crippen molar-refractivity contribution >= 4 is 23.3 Å². The number of halogens is 2. The van der Waals surface area contributed by atoms with Crippen LogP contribution in [0.1, 0.15) is 47.7 Å². The maximum absolute atomic E-state index is 13.2. The van der Waals surface area contributed by atoms with Gasteiger partial charge in [0.2, 0.25) is 0 Å². The SMILES string of the molecule is O=C(N[C@H](CN1CCCC1)[C@H](O)c1ccc(OC2CC2)c(Cl)c1)C(=O)c1ccc(-c2ccc(F)cc2)nc1. The molecular weight excluding hydrogens is 509 g/mol. The fraction of sp³-hybridized carbons (Fsp3) is 0.345. The van der Waals surface area contributed by atoms with Gasteiger partial charge in [0.05, 0.1) is 22.9 Å². The third-order valence-corrected chi connectivity index (χ3v) is 7.13. The van der Waals surface area contributed by atoms with Gasteiger partial charge in [-0.2, -0.15) is 0 Å². The number of rotatable bonds is 10. The molecule has 2 fully saturated rings. The summed E-state index contributed by atoms with van der Waals surface area (Å²) in [7, 11) is 0. The number of Topliss-reactive ketones (excluding diaryl/α,β-unsaturated/α-hetero) is 1. The summed E-state index contributed by atoms with van der Waals surface area (Å²) in [5, 5.41) is 14.4. The summed E-state index contributed by atoms with van der Waals surface area (Å²) in [6, 6.07) is 13.3. The molecule has 2 heterocycles. The zero-order valence-corrected chi connectivity index (χ0v) is 21.5. The van der Waals surface area contributed by atoms with Gasteiger partial charge in [0.25, 0.3) is 11.7 Å². The van der Waals surface area contributed by atoms with E-state index in [1.54, 1.807) is 36.4 Å². The standard InChI is InChI=1S/C29H29ClFN3O4/c30-23-15-19(6-12-26(23)38-22-9-10-22)27(35)25(17-34-13-1-2-14-34)33-29(37)28(36)20-5-11-24(32-16-20)18-3-7-21(31)8-4-18/h3-8,11-12,15-16,22,25,27,35H,1-2,9-10,13-14,17H2,(H,33,37)/t25-,27-/m1/s1. The van der Waals surface area contributed by atoms with Crippen LogP contribution in [0.4, 0.5) is 4.39 Å². The minimum Gasteiger partial charge on any atom is -0.489 e. The summed E-state index contributed by atoms with van der Waals surface area (Å²) < 4.78 is 19.0. The highest BCUT2D eigenvalue weighted by molar-refractivity contribution is 6.42. The Kier molecular flexibility index (Phi) is 8.02. The third-order valence-electron chi connectivity index (χ3n) is 6.84. The summed E-state index contributed by atoms with van der Waals surface area (Å²) in [6.45, 7) is 2.10. The lowest BCUT2D eigenvalue weighted by Crippen LogP contribution is -2.48. The normalized spacial score (nSPS) is 17.1. The molecule has 1 aliphatic carbocycles. The number of carbonyl (C=O) groups is 2. The van der Waals surface area contributed by atoms with E-state index in [1.807, 2.05) is 0 Å². The van der Waals surface area contributed by atoms with Crippen molar-refractivity contribution in [3.05, 3.63) is 82.8 Å². The molecule has 3 aromatic rings. The number of likely N-dealkylation sites (tertiary alicyclic amines) is 1. The molecule has 2 atom stereocenters. The van der Waals surface area contributed by atoms with E-state index in [-0.39, 0.29) is 17.5 Å². The average Bonchev–Trinajstić information content (AvgIpc) is 3.60. The van der Waals surface area contributed by atoms with E-state index < -0.39 is 23.8 Å². The van der Waals surface area contributed by atoms with Crippen LogP contribution in [0.3, 0.4) is 0 Å². The highest BCUT2D eigenvalue weighted by atomic mass is 35.5.